The van der Waals surface area contributed by atoms with E-state index in [0.717, 1.165) is 13.8 Å². The van der Waals surface area contributed by atoms with Gasteiger partial charge in [0.05, 0.1) is 19.3 Å². The van der Waals surface area contributed by atoms with Crippen molar-refractivity contribution >= 4 is 40.1 Å². The first-order valence-electron chi connectivity index (χ1n) is 21.9. The molecule has 0 aliphatic carbocycles. The molecular formula is C38H63N3O27S. The topological polar surface area (TPSA) is 461 Å². The third-order valence-corrected chi connectivity index (χ3v) is 11.8. The number of aliphatic hydroxyl groups excluding tert-OH is 8. The molecule has 4 heterocycles. The van der Waals surface area contributed by atoms with Crippen LogP contribution < -0.4 is 16.0 Å². The van der Waals surface area contributed by atoms with Gasteiger partial charge in [-0.3, -0.25) is 18.9 Å². The molecule has 3 amide bonds. The number of unbranched alkanes of at least 4 members (excludes halogenated alkanes) is 3. The molecule has 4 aliphatic heterocycles. The molecular weight excluding hydrogens is 962 g/mol. The van der Waals surface area contributed by atoms with Crippen molar-refractivity contribution in [3.63, 3.8) is 0 Å². The van der Waals surface area contributed by atoms with Crippen LogP contribution in [-0.4, -0.2) is 243 Å². The van der Waals surface area contributed by atoms with Gasteiger partial charge in [0.15, 0.2) is 37.4 Å². The van der Waals surface area contributed by atoms with Crippen molar-refractivity contribution in [1.29, 1.82) is 0 Å². The summed E-state index contributed by atoms with van der Waals surface area (Å²) < 4.78 is 82.4. The zero-order valence-corrected chi connectivity index (χ0v) is 38.3. The minimum Gasteiger partial charge on any atom is -0.479 e. The van der Waals surface area contributed by atoms with Crippen molar-refractivity contribution in [3.05, 3.63) is 0 Å². The highest BCUT2D eigenvalue weighted by atomic mass is 32.3. The fourth-order valence-corrected chi connectivity index (χ4v) is 8.25. The van der Waals surface area contributed by atoms with Gasteiger partial charge in [-0.25, -0.2) is 13.8 Å². The molecule has 31 heteroatoms. The van der Waals surface area contributed by atoms with Gasteiger partial charge in [-0.2, -0.15) is 8.42 Å². The first-order valence-corrected chi connectivity index (χ1v) is 23.2. The molecule has 0 aromatic heterocycles. The second-order valence-corrected chi connectivity index (χ2v) is 17.6. The number of carboxylic acids is 2. The highest BCUT2D eigenvalue weighted by Crippen LogP contribution is 2.35. The average Bonchev–Trinajstić information content (AvgIpc) is 3.26. The second kappa shape index (κ2) is 26.3. The largest absolute Gasteiger partial charge is 0.479 e. The van der Waals surface area contributed by atoms with Crippen molar-refractivity contribution in [2.45, 2.75) is 182 Å². The van der Waals surface area contributed by atoms with E-state index >= 15 is 0 Å². The van der Waals surface area contributed by atoms with E-state index in [1.165, 1.54) is 0 Å². The Morgan fingerprint density at radius 2 is 1.09 bits per heavy atom. The SMILES string of the molecule is CCC1OC(OC2C(C(=O)O)OC(OC3C(COS(=O)(=O)O)OC(OC4C(C(=O)O)OC(OCCCCCCNC(=O)CCO)C(O)C4O)C(NC(C)=O)C3O)C(O)C2O)C(NC(C)=O)C(O)C1O. The third-order valence-electron chi connectivity index (χ3n) is 11.4. The Balaban J connectivity index is 1.53. The number of aliphatic hydroxyl groups is 8. The van der Waals surface area contributed by atoms with Crippen LogP contribution in [0.15, 0.2) is 0 Å². The van der Waals surface area contributed by atoms with Crippen LogP contribution >= 0.6 is 0 Å². The van der Waals surface area contributed by atoms with Gasteiger partial charge in [-0.1, -0.05) is 19.8 Å². The van der Waals surface area contributed by atoms with Crippen LogP contribution in [0.3, 0.4) is 0 Å². The molecule has 69 heavy (non-hydrogen) atoms. The molecule has 0 saturated carbocycles. The number of nitrogens with one attached hydrogen (secondary N) is 3. The molecule has 30 nitrogen and oxygen atoms in total. The van der Waals surface area contributed by atoms with Gasteiger partial charge in [-0.15, -0.1) is 0 Å². The van der Waals surface area contributed by atoms with Crippen LogP contribution in [-0.2, 0) is 76.4 Å². The van der Waals surface area contributed by atoms with E-state index in [1.807, 2.05) is 0 Å². The smallest absolute Gasteiger partial charge is 0.397 e. The Labute approximate surface area is 393 Å². The molecule has 0 spiro atoms. The Hall–Kier alpha value is -3.42. The number of carboxylic acid groups (broad SMARTS) is 2. The molecule has 0 aromatic rings. The summed E-state index contributed by atoms with van der Waals surface area (Å²) in [5, 5.41) is 114. The number of hydrogen-bond acceptors (Lipinski definition) is 24. The number of rotatable bonds is 24. The molecule has 398 valence electrons. The highest BCUT2D eigenvalue weighted by Gasteiger charge is 2.57. The van der Waals surface area contributed by atoms with Gasteiger partial charge in [0.2, 0.25) is 17.7 Å². The number of ether oxygens (including phenoxy) is 8. The lowest BCUT2D eigenvalue weighted by atomic mass is 9.93. The Kier molecular flexibility index (Phi) is 22.2. The van der Waals surface area contributed by atoms with E-state index in [1.54, 1.807) is 6.92 Å². The quantitative estimate of drug-likeness (QED) is 0.0316. The van der Waals surface area contributed by atoms with Gasteiger partial charge in [0, 0.05) is 33.4 Å². The minimum atomic E-state index is -5.35. The summed E-state index contributed by atoms with van der Waals surface area (Å²) in [6, 6.07) is -3.49. The number of hydrogen-bond donors (Lipinski definition) is 14. The number of aliphatic carboxylic acids is 2. The summed E-state index contributed by atoms with van der Waals surface area (Å²) in [5.74, 6) is -5.64. The zero-order chi connectivity index (χ0) is 51.5. The molecule has 4 aliphatic rings. The maximum absolute atomic E-state index is 12.6. The lowest BCUT2D eigenvalue weighted by molar-refractivity contribution is -0.370. The third kappa shape index (κ3) is 15.8. The standard InChI is InChI=1S/C38H63N3O27S/c1-4-16-21(46)22(47)19(40-14(2)43)35(62-16)65-30-25(50)27(52)38(68-32(30)34(55)56)64-28-17(13-61-69(57,58)59)63-36(20(23(28)48)41-15(3)44)66-29-24(49)26(51)37(67-31(29)33(53)54)60-12-8-6-5-7-10-39-18(45)9-11-42/h16-17,19-32,35-38,42,46-52H,4-13H2,1-3H3,(H,39,45)(H,40,43)(H,41,44)(H,53,54)(H,55,56)(H,57,58,59). The monoisotopic (exact) mass is 1030 g/mol. The van der Waals surface area contributed by atoms with E-state index in [-0.39, 0.29) is 32.0 Å². The molecule has 0 radical (unpaired) electrons. The average molecular weight is 1030 g/mol. The number of carbonyl (C=O) groups excluding carboxylic acids is 3. The van der Waals surface area contributed by atoms with E-state index < -0.39 is 163 Å². The second-order valence-electron chi connectivity index (χ2n) is 16.5. The van der Waals surface area contributed by atoms with Crippen LogP contribution in [0.4, 0.5) is 0 Å². The van der Waals surface area contributed by atoms with E-state index in [0.29, 0.717) is 32.2 Å². The first-order chi connectivity index (χ1) is 32.4. The molecule has 0 aromatic carbocycles. The van der Waals surface area contributed by atoms with Crippen molar-refractivity contribution < 1.29 is 130 Å². The van der Waals surface area contributed by atoms with E-state index in [4.69, 9.17) is 43.0 Å². The molecule has 20 atom stereocenters. The van der Waals surface area contributed by atoms with Crippen molar-refractivity contribution in [2.75, 3.05) is 26.4 Å². The number of amides is 3. The normalized spacial score (nSPS) is 38.4. The summed E-state index contributed by atoms with van der Waals surface area (Å²) in [6.45, 7) is 2.21. The van der Waals surface area contributed by atoms with Gasteiger partial charge >= 0.3 is 22.3 Å². The Morgan fingerprint density at radius 1 is 0.594 bits per heavy atom. The zero-order valence-electron chi connectivity index (χ0n) is 37.5. The lowest BCUT2D eigenvalue weighted by Crippen LogP contribution is -2.70. The summed E-state index contributed by atoms with van der Waals surface area (Å²) in [5.41, 5.74) is 0. The van der Waals surface area contributed by atoms with Crippen molar-refractivity contribution in [3.8, 4) is 0 Å². The maximum Gasteiger partial charge on any atom is 0.397 e. The molecule has 20 unspecified atom stereocenters. The maximum atomic E-state index is 12.6. The van der Waals surface area contributed by atoms with Crippen LogP contribution in [0.2, 0.25) is 0 Å². The summed E-state index contributed by atoms with van der Waals surface area (Å²) in [7, 11) is -5.35. The summed E-state index contributed by atoms with van der Waals surface area (Å²) in [6.07, 6.45) is -34.3. The fourth-order valence-electron chi connectivity index (χ4n) is 7.94. The first kappa shape index (κ1) is 58.2. The Morgan fingerprint density at radius 3 is 1.59 bits per heavy atom. The van der Waals surface area contributed by atoms with Crippen molar-refractivity contribution in [2.24, 2.45) is 0 Å². The van der Waals surface area contributed by atoms with Gasteiger partial charge in [0.1, 0.15) is 79.2 Å². The highest BCUT2D eigenvalue weighted by molar-refractivity contribution is 7.80. The number of carbonyl (C=O) groups is 5. The fraction of sp³-hybridized carbons (Fsp3) is 0.868. The minimum absolute atomic E-state index is 0.0311. The predicted octanol–water partition coefficient (Wildman–Crippen LogP) is -6.95. The molecule has 0 bridgehead atoms. The van der Waals surface area contributed by atoms with Crippen LogP contribution in [0.25, 0.3) is 0 Å². The van der Waals surface area contributed by atoms with Crippen LogP contribution in [0.1, 0.15) is 59.3 Å². The van der Waals surface area contributed by atoms with Gasteiger partial charge < -0.3 is 105 Å². The van der Waals surface area contributed by atoms with Crippen LogP contribution in [0.5, 0.6) is 0 Å². The molecule has 4 fully saturated rings. The van der Waals surface area contributed by atoms with Gasteiger partial charge in [-0.05, 0) is 19.3 Å². The van der Waals surface area contributed by atoms with Gasteiger partial charge in [0.25, 0.3) is 0 Å². The molecule has 4 saturated heterocycles. The molecule has 4 rings (SSSR count). The Bertz CT molecular complexity index is 1820. The predicted molar refractivity (Wildman–Crippen MR) is 219 cm³/mol. The lowest BCUT2D eigenvalue weighted by Gasteiger charge is -2.49. The molecule has 14 N–H and O–H groups in total. The summed E-state index contributed by atoms with van der Waals surface area (Å²) >= 11 is 0. The van der Waals surface area contributed by atoms with Crippen LogP contribution in [0, 0.1) is 0 Å². The van der Waals surface area contributed by atoms with E-state index in [2.05, 4.69) is 20.1 Å². The summed E-state index contributed by atoms with van der Waals surface area (Å²) in [4.78, 5) is 61.0. The van der Waals surface area contributed by atoms with Crippen molar-refractivity contribution in [1.82, 2.24) is 16.0 Å². The van der Waals surface area contributed by atoms with E-state index in [9.17, 15) is 82.9 Å².